The summed E-state index contributed by atoms with van der Waals surface area (Å²) in [6, 6.07) is 11.9. The summed E-state index contributed by atoms with van der Waals surface area (Å²) < 4.78 is 14.6. The van der Waals surface area contributed by atoms with Gasteiger partial charge in [0.25, 0.3) is 5.91 Å². The predicted molar refractivity (Wildman–Crippen MR) is 108 cm³/mol. The molecule has 2 aromatic carbocycles. The highest BCUT2D eigenvalue weighted by molar-refractivity contribution is 9.10. The van der Waals surface area contributed by atoms with Crippen molar-refractivity contribution >= 4 is 27.7 Å². The summed E-state index contributed by atoms with van der Waals surface area (Å²) in [5, 5.41) is 2.62. The first kappa shape index (κ1) is 21.1. The molecule has 0 heterocycles. The van der Waals surface area contributed by atoms with E-state index in [1.165, 1.54) is 11.0 Å². The molecule has 0 saturated carbocycles. The van der Waals surface area contributed by atoms with Crippen LogP contribution in [-0.4, -0.2) is 30.3 Å². The molecule has 6 heteroatoms. The van der Waals surface area contributed by atoms with Gasteiger partial charge in [0.05, 0.1) is 6.54 Å². The van der Waals surface area contributed by atoms with Gasteiger partial charge in [0.15, 0.2) is 0 Å². The summed E-state index contributed by atoms with van der Waals surface area (Å²) in [5.41, 5.74) is 2.04. The third-order valence-corrected chi connectivity index (χ3v) is 4.75. The molecule has 2 amide bonds. The monoisotopic (exact) mass is 434 g/mol. The summed E-state index contributed by atoms with van der Waals surface area (Å²) in [6.07, 6.45) is 0. The van der Waals surface area contributed by atoms with Crippen LogP contribution in [0.15, 0.2) is 46.9 Å². The van der Waals surface area contributed by atoms with E-state index in [-0.39, 0.29) is 36.1 Å². The largest absolute Gasteiger partial charge is 0.343 e. The number of hydrogen-bond acceptors (Lipinski definition) is 2. The second-order valence-electron chi connectivity index (χ2n) is 7.50. The molecule has 1 N–H and O–H groups in total. The molecule has 0 aliphatic rings. The number of nitrogens with zero attached hydrogens (tertiary/aromatic N) is 1. The third kappa shape index (κ3) is 5.89. The van der Waals surface area contributed by atoms with Crippen molar-refractivity contribution in [1.29, 1.82) is 0 Å². The number of carbonyl (C=O) groups is 2. The average Bonchev–Trinajstić information content (AvgIpc) is 2.61. The lowest BCUT2D eigenvalue weighted by atomic mass is 9.87. The van der Waals surface area contributed by atoms with Crippen LogP contribution in [0.4, 0.5) is 4.39 Å². The SMILES string of the molecule is CN(Cc1cc(Br)ccc1F)C(=O)CNC(=O)c1ccc(C(C)(C)C)cc1. The maximum atomic E-state index is 13.8. The summed E-state index contributed by atoms with van der Waals surface area (Å²) in [7, 11) is 1.58. The molecule has 4 nitrogen and oxygen atoms in total. The summed E-state index contributed by atoms with van der Waals surface area (Å²) in [5.74, 6) is -0.985. The first-order valence-electron chi connectivity index (χ1n) is 8.64. The van der Waals surface area contributed by atoms with Crippen LogP contribution < -0.4 is 5.32 Å². The Kier molecular flexibility index (Phi) is 6.76. The lowest BCUT2D eigenvalue weighted by Gasteiger charge is -2.19. The number of amides is 2. The number of benzene rings is 2. The van der Waals surface area contributed by atoms with Gasteiger partial charge in [-0.2, -0.15) is 0 Å². The average molecular weight is 435 g/mol. The van der Waals surface area contributed by atoms with Crippen LogP contribution in [-0.2, 0) is 16.8 Å². The highest BCUT2D eigenvalue weighted by Gasteiger charge is 2.16. The van der Waals surface area contributed by atoms with Gasteiger partial charge < -0.3 is 10.2 Å². The number of hydrogen-bond donors (Lipinski definition) is 1. The van der Waals surface area contributed by atoms with Gasteiger partial charge in [-0.25, -0.2) is 4.39 Å². The minimum atomic E-state index is -0.374. The molecule has 0 bridgehead atoms. The minimum absolute atomic E-state index is 0.00932. The highest BCUT2D eigenvalue weighted by atomic mass is 79.9. The molecule has 27 heavy (non-hydrogen) atoms. The van der Waals surface area contributed by atoms with Crippen molar-refractivity contribution in [3.8, 4) is 0 Å². The Morgan fingerprint density at radius 3 is 2.33 bits per heavy atom. The van der Waals surface area contributed by atoms with Gasteiger partial charge in [-0.15, -0.1) is 0 Å². The zero-order chi connectivity index (χ0) is 20.2. The zero-order valence-electron chi connectivity index (χ0n) is 16.0. The number of likely N-dealkylation sites (N-methyl/N-ethyl adjacent to an activating group) is 1. The summed E-state index contributed by atoms with van der Waals surface area (Å²) >= 11 is 3.29. The Hall–Kier alpha value is -2.21. The van der Waals surface area contributed by atoms with Crippen LogP contribution in [0.25, 0.3) is 0 Å². The fraction of sp³-hybridized carbons (Fsp3) is 0.333. The fourth-order valence-corrected chi connectivity index (χ4v) is 2.93. The van der Waals surface area contributed by atoms with Crippen LogP contribution in [0.1, 0.15) is 42.3 Å². The highest BCUT2D eigenvalue weighted by Crippen LogP contribution is 2.22. The van der Waals surface area contributed by atoms with Gasteiger partial charge in [-0.3, -0.25) is 9.59 Å². The van der Waals surface area contributed by atoms with Crippen molar-refractivity contribution in [3.05, 3.63) is 69.4 Å². The van der Waals surface area contributed by atoms with E-state index in [2.05, 4.69) is 42.0 Å². The molecule has 144 valence electrons. The third-order valence-electron chi connectivity index (χ3n) is 4.25. The first-order valence-corrected chi connectivity index (χ1v) is 9.44. The number of rotatable bonds is 5. The minimum Gasteiger partial charge on any atom is -0.343 e. The fourth-order valence-electron chi connectivity index (χ4n) is 2.52. The van der Waals surface area contributed by atoms with Crippen LogP contribution in [0, 0.1) is 5.82 Å². The quantitative estimate of drug-likeness (QED) is 0.763. The Bertz CT molecular complexity index is 829. The summed E-state index contributed by atoms with van der Waals surface area (Å²) in [4.78, 5) is 25.9. The lowest BCUT2D eigenvalue weighted by molar-refractivity contribution is -0.129. The van der Waals surface area contributed by atoms with Crippen molar-refractivity contribution in [2.45, 2.75) is 32.7 Å². The normalized spacial score (nSPS) is 11.2. The van der Waals surface area contributed by atoms with Crippen molar-refractivity contribution in [3.63, 3.8) is 0 Å². The van der Waals surface area contributed by atoms with E-state index < -0.39 is 0 Å². The molecule has 0 unspecified atom stereocenters. The van der Waals surface area contributed by atoms with E-state index in [0.29, 0.717) is 11.1 Å². The topological polar surface area (TPSA) is 49.4 Å². The van der Waals surface area contributed by atoms with Gasteiger partial charge >= 0.3 is 0 Å². The molecule has 0 atom stereocenters. The van der Waals surface area contributed by atoms with E-state index in [4.69, 9.17) is 0 Å². The predicted octanol–water partition coefficient (Wildman–Crippen LogP) is 4.27. The van der Waals surface area contributed by atoms with Crippen LogP contribution in [0.5, 0.6) is 0 Å². The van der Waals surface area contributed by atoms with Crippen molar-refractivity contribution in [1.82, 2.24) is 10.2 Å². The van der Waals surface area contributed by atoms with Gasteiger partial charge in [0.1, 0.15) is 5.82 Å². The van der Waals surface area contributed by atoms with Crippen LogP contribution in [0.2, 0.25) is 0 Å². The molecule has 2 aromatic rings. The Morgan fingerprint density at radius 1 is 1.11 bits per heavy atom. The van der Waals surface area contributed by atoms with E-state index >= 15 is 0 Å². The molecule has 0 aliphatic heterocycles. The van der Waals surface area contributed by atoms with E-state index in [1.807, 2.05) is 12.1 Å². The lowest BCUT2D eigenvalue weighted by Crippen LogP contribution is -2.38. The molecule has 0 fully saturated rings. The Balaban J connectivity index is 1.92. The molecule has 2 rings (SSSR count). The zero-order valence-corrected chi connectivity index (χ0v) is 17.6. The second kappa shape index (κ2) is 8.65. The van der Waals surface area contributed by atoms with Gasteiger partial charge in [0.2, 0.25) is 5.91 Å². The van der Waals surface area contributed by atoms with Crippen LogP contribution in [0.3, 0.4) is 0 Å². The summed E-state index contributed by atoms with van der Waals surface area (Å²) in [6.45, 7) is 6.28. The molecule has 0 aliphatic carbocycles. The molecule has 0 radical (unpaired) electrons. The second-order valence-corrected chi connectivity index (χ2v) is 8.41. The van der Waals surface area contributed by atoms with Crippen molar-refractivity contribution in [2.75, 3.05) is 13.6 Å². The molecular formula is C21H24BrFN2O2. The number of carbonyl (C=O) groups excluding carboxylic acids is 2. The Labute approximate surface area is 167 Å². The van der Waals surface area contributed by atoms with Gasteiger partial charge in [0, 0.05) is 29.2 Å². The number of halogens is 2. The molecular weight excluding hydrogens is 411 g/mol. The number of nitrogens with one attached hydrogen (secondary N) is 1. The smallest absolute Gasteiger partial charge is 0.251 e. The standard InChI is InChI=1S/C21H24BrFN2O2/c1-21(2,3)16-7-5-14(6-8-16)20(27)24-12-19(26)25(4)13-15-11-17(22)9-10-18(15)23/h5-11H,12-13H2,1-4H3,(H,24,27). The maximum Gasteiger partial charge on any atom is 0.251 e. The Morgan fingerprint density at radius 2 is 1.74 bits per heavy atom. The van der Waals surface area contributed by atoms with Crippen molar-refractivity contribution < 1.29 is 14.0 Å². The maximum absolute atomic E-state index is 13.8. The van der Waals surface area contributed by atoms with Gasteiger partial charge in [-0.05, 0) is 41.3 Å². The van der Waals surface area contributed by atoms with E-state index in [9.17, 15) is 14.0 Å². The van der Waals surface area contributed by atoms with E-state index in [0.717, 1.165) is 10.0 Å². The van der Waals surface area contributed by atoms with Crippen molar-refractivity contribution in [2.24, 2.45) is 0 Å². The molecule has 0 spiro atoms. The molecule has 0 aromatic heterocycles. The van der Waals surface area contributed by atoms with Crippen LogP contribution >= 0.6 is 15.9 Å². The van der Waals surface area contributed by atoms with Gasteiger partial charge in [-0.1, -0.05) is 48.8 Å². The first-order chi connectivity index (χ1) is 12.6. The van der Waals surface area contributed by atoms with E-state index in [1.54, 1.807) is 31.3 Å². The molecule has 0 saturated heterocycles.